The Balaban J connectivity index is 2.56. The van der Waals surface area contributed by atoms with Crippen molar-refractivity contribution in [3.63, 3.8) is 0 Å². The molecule has 0 fully saturated rings. The zero-order chi connectivity index (χ0) is 7.90. The number of benzene rings is 1. The van der Waals surface area contributed by atoms with Crippen molar-refractivity contribution in [1.82, 2.24) is 0 Å². The molecule has 0 radical (unpaired) electrons. The molecule has 0 N–H and O–H groups in total. The number of rotatable bonds is 0. The molecule has 1 nitrogen and oxygen atoms in total. The Morgan fingerprint density at radius 2 is 2.00 bits per heavy atom. The van der Waals surface area contributed by atoms with Gasteiger partial charge in [-0.05, 0) is 11.6 Å². The topological polar surface area (TPSA) is 9.23 Å². The van der Waals surface area contributed by atoms with Gasteiger partial charge in [-0.25, -0.2) is 0 Å². The first kappa shape index (κ1) is 6.73. The number of alkyl halides is 2. The van der Waals surface area contributed by atoms with E-state index in [4.69, 9.17) is 0 Å². The van der Waals surface area contributed by atoms with Crippen LogP contribution in [0.2, 0.25) is 0 Å². The molecule has 0 saturated carbocycles. The van der Waals surface area contributed by atoms with Crippen molar-refractivity contribution in [3.05, 3.63) is 35.4 Å². The van der Waals surface area contributed by atoms with E-state index in [9.17, 15) is 8.78 Å². The molecule has 0 bridgehead atoms. The quantitative estimate of drug-likeness (QED) is 0.559. The average molecular weight is 156 g/mol. The third kappa shape index (κ3) is 0.922. The summed E-state index contributed by atoms with van der Waals surface area (Å²) in [5.74, 6) is 0. The Morgan fingerprint density at radius 3 is 2.73 bits per heavy atom. The molecular formula is C8H6F2O. The maximum Gasteiger partial charge on any atom is 0.383 e. The van der Waals surface area contributed by atoms with Gasteiger partial charge in [0.25, 0.3) is 0 Å². The zero-order valence-corrected chi connectivity index (χ0v) is 5.68. The standard InChI is InChI=1S/C8H6F2O/c9-8(10)7-4-2-1-3-6(7)5-11-8/h1-4H,5H2. The van der Waals surface area contributed by atoms with Gasteiger partial charge in [-0.3, -0.25) is 0 Å². The fourth-order valence-corrected chi connectivity index (χ4v) is 1.18. The first-order chi connectivity index (χ1) is 5.20. The van der Waals surface area contributed by atoms with Crippen LogP contribution in [0.15, 0.2) is 24.3 Å². The van der Waals surface area contributed by atoms with Crippen molar-refractivity contribution in [2.45, 2.75) is 12.7 Å². The Bertz CT molecular complexity index is 283. The minimum Gasteiger partial charge on any atom is -0.312 e. The predicted molar refractivity (Wildman–Crippen MR) is 35.1 cm³/mol. The minimum absolute atomic E-state index is 0.000000000000000444. The second kappa shape index (κ2) is 2.01. The van der Waals surface area contributed by atoms with E-state index in [1.165, 1.54) is 6.07 Å². The lowest BCUT2D eigenvalue weighted by Crippen LogP contribution is -2.09. The highest BCUT2D eigenvalue weighted by atomic mass is 19.3. The predicted octanol–water partition coefficient (Wildman–Crippen LogP) is 2.27. The summed E-state index contributed by atoms with van der Waals surface area (Å²) in [7, 11) is 0. The van der Waals surface area contributed by atoms with Gasteiger partial charge in [0.05, 0.1) is 12.2 Å². The second-order valence-corrected chi connectivity index (χ2v) is 2.46. The monoisotopic (exact) mass is 156 g/mol. The number of ether oxygens (including phenoxy) is 1. The number of hydrogen-bond donors (Lipinski definition) is 0. The summed E-state index contributed by atoms with van der Waals surface area (Å²) in [4.78, 5) is 0. The van der Waals surface area contributed by atoms with E-state index in [1.807, 2.05) is 0 Å². The summed E-state index contributed by atoms with van der Waals surface area (Å²) in [5, 5.41) is 0. The summed E-state index contributed by atoms with van der Waals surface area (Å²) in [6.45, 7) is 0.0170. The van der Waals surface area contributed by atoms with Gasteiger partial charge in [0.2, 0.25) is 0 Å². The van der Waals surface area contributed by atoms with Crippen molar-refractivity contribution in [3.8, 4) is 0 Å². The second-order valence-electron chi connectivity index (χ2n) is 2.46. The maximum absolute atomic E-state index is 12.7. The molecule has 0 aromatic heterocycles. The van der Waals surface area contributed by atoms with E-state index >= 15 is 0 Å². The Kier molecular flexibility index (Phi) is 1.23. The van der Waals surface area contributed by atoms with Crippen molar-refractivity contribution < 1.29 is 13.5 Å². The van der Waals surface area contributed by atoms with Crippen LogP contribution in [-0.2, 0) is 17.5 Å². The van der Waals surface area contributed by atoms with Crippen molar-refractivity contribution in [2.24, 2.45) is 0 Å². The maximum atomic E-state index is 12.7. The smallest absolute Gasteiger partial charge is 0.312 e. The molecule has 2 rings (SSSR count). The van der Waals surface area contributed by atoms with Gasteiger partial charge in [-0.15, -0.1) is 0 Å². The lowest BCUT2D eigenvalue weighted by atomic mass is 10.1. The molecule has 11 heavy (non-hydrogen) atoms. The first-order valence-electron chi connectivity index (χ1n) is 3.30. The van der Waals surface area contributed by atoms with E-state index < -0.39 is 6.11 Å². The van der Waals surface area contributed by atoms with Crippen LogP contribution < -0.4 is 0 Å². The van der Waals surface area contributed by atoms with Crippen molar-refractivity contribution in [2.75, 3.05) is 0 Å². The van der Waals surface area contributed by atoms with Gasteiger partial charge in [-0.2, -0.15) is 8.78 Å². The third-order valence-corrected chi connectivity index (χ3v) is 1.74. The largest absolute Gasteiger partial charge is 0.383 e. The van der Waals surface area contributed by atoms with Gasteiger partial charge in [-0.1, -0.05) is 18.2 Å². The highest BCUT2D eigenvalue weighted by Gasteiger charge is 2.40. The number of fused-ring (bicyclic) bond motifs is 1. The van der Waals surface area contributed by atoms with Crippen LogP contribution in [0.3, 0.4) is 0 Å². The molecule has 0 unspecified atom stereocenters. The molecule has 58 valence electrons. The molecule has 1 aliphatic heterocycles. The molecule has 3 heteroatoms. The van der Waals surface area contributed by atoms with E-state index in [0.29, 0.717) is 5.56 Å². The van der Waals surface area contributed by atoms with Crippen LogP contribution in [-0.4, -0.2) is 0 Å². The van der Waals surface area contributed by atoms with Crippen LogP contribution in [0.25, 0.3) is 0 Å². The molecule has 1 aromatic rings. The highest BCUT2D eigenvalue weighted by Crippen LogP contribution is 2.38. The Morgan fingerprint density at radius 1 is 1.27 bits per heavy atom. The third-order valence-electron chi connectivity index (χ3n) is 1.74. The summed E-state index contributed by atoms with van der Waals surface area (Å²) in [6, 6.07) is 6.35. The van der Waals surface area contributed by atoms with Crippen molar-refractivity contribution >= 4 is 0 Å². The van der Waals surface area contributed by atoms with E-state index in [-0.39, 0.29) is 12.2 Å². The molecular weight excluding hydrogens is 150 g/mol. The Labute approximate surface area is 62.6 Å². The van der Waals surface area contributed by atoms with Gasteiger partial charge in [0, 0.05) is 0 Å². The van der Waals surface area contributed by atoms with Gasteiger partial charge in [0.1, 0.15) is 0 Å². The number of halogens is 2. The van der Waals surface area contributed by atoms with E-state index in [0.717, 1.165) is 0 Å². The van der Waals surface area contributed by atoms with Crippen LogP contribution in [0.4, 0.5) is 8.78 Å². The van der Waals surface area contributed by atoms with Crippen LogP contribution in [0, 0.1) is 0 Å². The minimum atomic E-state index is -3.07. The first-order valence-corrected chi connectivity index (χ1v) is 3.30. The van der Waals surface area contributed by atoms with E-state index in [1.54, 1.807) is 18.2 Å². The van der Waals surface area contributed by atoms with Gasteiger partial charge in [0.15, 0.2) is 0 Å². The van der Waals surface area contributed by atoms with Crippen LogP contribution >= 0.6 is 0 Å². The summed E-state index contributed by atoms with van der Waals surface area (Å²) < 4.78 is 29.7. The molecule has 0 saturated heterocycles. The molecule has 1 heterocycles. The van der Waals surface area contributed by atoms with E-state index in [2.05, 4.69) is 4.74 Å². The molecule has 0 aliphatic carbocycles. The fourth-order valence-electron chi connectivity index (χ4n) is 1.18. The fraction of sp³-hybridized carbons (Fsp3) is 0.250. The zero-order valence-electron chi connectivity index (χ0n) is 5.68. The lowest BCUT2D eigenvalue weighted by Gasteiger charge is -2.07. The Hall–Kier alpha value is -0.960. The average Bonchev–Trinajstić information content (AvgIpc) is 2.29. The van der Waals surface area contributed by atoms with Crippen molar-refractivity contribution in [1.29, 1.82) is 0 Å². The molecule has 1 aromatic carbocycles. The summed E-state index contributed by atoms with van der Waals surface area (Å²) in [6.07, 6.45) is -3.07. The number of hydrogen-bond acceptors (Lipinski definition) is 1. The lowest BCUT2D eigenvalue weighted by molar-refractivity contribution is -0.239. The SMILES string of the molecule is FC1(F)OCc2ccccc21. The van der Waals surface area contributed by atoms with Crippen LogP contribution in [0.1, 0.15) is 11.1 Å². The van der Waals surface area contributed by atoms with Crippen LogP contribution in [0.5, 0.6) is 0 Å². The highest BCUT2D eigenvalue weighted by molar-refractivity contribution is 5.31. The molecule has 1 aliphatic rings. The molecule has 0 amide bonds. The van der Waals surface area contributed by atoms with Gasteiger partial charge < -0.3 is 4.74 Å². The molecule has 0 atom stereocenters. The van der Waals surface area contributed by atoms with Gasteiger partial charge >= 0.3 is 6.11 Å². The molecule has 0 spiro atoms. The normalized spacial score (nSPS) is 19.8. The summed E-state index contributed by atoms with van der Waals surface area (Å²) >= 11 is 0. The summed E-state index contributed by atoms with van der Waals surface area (Å²) in [5.41, 5.74) is 0.581.